The second-order valence-electron chi connectivity index (χ2n) is 6.00. The molecule has 0 aliphatic heterocycles. The smallest absolute Gasteiger partial charge is 0.253 e. The molecule has 0 fully saturated rings. The van der Waals surface area contributed by atoms with Crippen molar-refractivity contribution >= 4 is 11.6 Å². The Morgan fingerprint density at radius 3 is 2.50 bits per heavy atom. The first-order valence-electron chi connectivity index (χ1n) is 7.53. The fourth-order valence-electron chi connectivity index (χ4n) is 2.27. The monoisotopic (exact) mass is 276 g/mol. The minimum absolute atomic E-state index is 0.00935. The van der Waals surface area contributed by atoms with E-state index in [4.69, 9.17) is 0 Å². The summed E-state index contributed by atoms with van der Waals surface area (Å²) in [5.74, 6) is 0.737. The van der Waals surface area contributed by atoms with Crippen LogP contribution >= 0.6 is 0 Å². The van der Waals surface area contributed by atoms with Gasteiger partial charge in [-0.15, -0.1) is 0 Å². The Hall–Kier alpha value is -1.51. The topological polar surface area (TPSA) is 41.1 Å². The number of benzene rings is 1. The van der Waals surface area contributed by atoms with Crippen LogP contribution in [0.5, 0.6) is 0 Å². The average Bonchev–Trinajstić information content (AvgIpc) is 2.38. The molecule has 1 aromatic rings. The van der Waals surface area contributed by atoms with Crippen LogP contribution < -0.4 is 10.6 Å². The molecule has 0 aliphatic rings. The van der Waals surface area contributed by atoms with Crippen LogP contribution in [0.15, 0.2) is 18.2 Å². The Labute approximate surface area is 123 Å². The Morgan fingerprint density at radius 2 is 1.90 bits per heavy atom. The SMILES string of the molecule is CNc1ccc(C)cc1C(=O)NC(C)CCCC(C)C. The van der Waals surface area contributed by atoms with Gasteiger partial charge in [0.25, 0.3) is 5.91 Å². The number of hydrogen-bond donors (Lipinski definition) is 2. The highest BCUT2D eigenvalue weighted by Crippen LogP contribution is 2.17. The Balaban J connectivity index is 2.59. The second kappa shape index (κ2) is 7.93. The number of nitrogens with one attached hydrogen (secondary N) is 2. The van der Waals surface area contributed by atoms with Crippen molar-refractivity contribution in [1.29, 1.82) is 0 Å². The fraction of sp³-hybridized carbons (Fsp3) is 0.588. The lowest BCUT2D eigenvalue weighted by atomic mass is 10.0. The van der Waals surface area contributed by atoms with E-state index in [-0.39, 0.29) is 11.9 Å². The van der Waals surface area contributed by atoms with E-state index in [2.05, 4.69) is 31.4 Å². The molecule has 0 heterocycles. The molecule has 0 aliphatic carbocycles. The van der Waals surface area contributed by atoms with Crippen molar-refractivity contribution < 1.29 is 4.79 Å². The van der Waals surface area contributed by atoms with Crippen LogP contribution in [0.1, 0.15) is 56.0 Å². The van der Waals surface area contributed by atoms with Gasteiger partial charge in [-0.1, -0.05) is 38.3 Å². The van der Waals surface area contributed by atoms with Crippen LogP contribution in [0, 0.1) is 12.8 Å². The first-order chi connectivity index (χ1) is 9.43. The minimum atomic E-state index is 0.00935. The lowest BCUT2D eigenvalue weighted by molar-refractivity contribution is 0.0938. The minimum Gasteiger partial charge on any atom is -0.387 e. The number of rotatable bonds is 7. The number of aryl methyl sites for hydroxylation is 1. The molecule has 112 valence electrons. The quantitative estimate of drug-likeness (QED) is 0.791. The van der Waals surface area contributed by atoms with E-state index < -0.39 is 0 Å². The van der Waals surface area contributed by atoms with Crippen LogP contribution in [-0.4, -0.2) is 19.0 Å². The zero-order chi connectivity index (χ0) is 15.1. The van der Waals surface area contributed by atoms with Gasteiger partial charge in [0, 0.05) is 18.8 Å². The first-order valence-corrected chi connectivity index (χ1v) is 7.53. The molecule has 0 spiro atoms. The highest BCUT2D eigenvalue weighted by molar-refractivity contribution is 5.99. The molecule has 1 aromatic carbocycles. The Kier molecular flexibility index (Phi) is 6.56. The molecule has 3 heteroatoms. The van der Waals surface area contributed by atoms with Gasteiger partial charge in [-0.25, -0.2) is 0 Å². The molecule has 0 radical (unpaired) electrons. The number of amides is 1. The lowest BCUT2D eigenvalue weighted by Gasteiger charge is -2.16. The summed E-state index contributed by atoms with van der Waals surface area (Å²) in [5, 5.41) is 6.17. The van der Waals surface area contributed by atoms with Gasteiger partial charge in [-0.3, -0.25) is 4.79 Å². The van der Waals surface area contributed by atoms with Crippen LogP contribution in [0.3, 0.4) is 0 Å². The van der Waals surface area contributed by atoms with Crippen molar-refractivity contribution in [3.05, 3.63) is 29.3 Å². The highest BCUT2D eigenvalue weighted by atomic mass is 16.1. The molecule has 1 amide bonds. The van der Waals surface area contributed by atoms with Crippen molar-refractivity contribution in [2.75, 3.05) is 12.4 Å². The summed E-state index contributed by atoms with van der Waals surface area (Å²) in [7, 11) is 1.84. The largest absolute Gasteiger partial charge is 0.387 e. The van der Waals surface area contributed by atoms with E-state index in [1.165, 1.54) is 6.42 Å². The maximum atomic E-state index is 12.3. The van der Waals surface area contributed by atoms with Crippen molar-refractivity contribution in [3.8, 4) is 0 Å². The molecule has 20 heavy (non-hydrogen) atoms. The number of carbonyl (C=O) groups excluding carboxylic acids is 1. The number of anilines is 1. The summed E-state index contributed by atoms with van der Waals surface area (Å²) < 4.78 is 0. The van der Waals surface area contributed by atoms with Gasteiger partial charge in [-0.2, -0.15) is 0 Å². The summed E-state index contributed by atoms with van der Waals surface area (Å²) >= 11 is 0. The number of hydrogen-bond acceptors (Lipinski definition) is 2. The standard InChI is InChI=1S/C17H28N2O/c1-12(2)7-6-8-14(4)19-17(20)15-11-13(3)9-10-16(15)18-5/h9-12,14,18H,6-8H2,1-5H3,(H,19,20). The van der Waals surface area contributed by atoms with Gasteiger partial charge in [0.15, 0.2) is 0 Å². The molecule has 0 bridgehead atoms. The molecule has 3 nitrogen and oxygen atoms in total. The average molecular weight is 276 g/mol. The fourth-order valence-corrected chi connectivity index (χ4v) is 2.27. The normalized spacial score (nSPS) is 12.3. The van der Waals surface area contributed by atoms with Crippen molar-refractivity contribution in [2.24, 2.45) is 5.92 Å². The van der Waals surface area contributed by atoms with Crippen molar-refractivity contribution in [1.82, 2.24) is 5.32 Å². The lowest BCUT2D eigenvalue weighted by Crippen LogP contribution is -2.33. The second-order valence-corrected chi connectivity index (χ2v) is 6.00. The van der Waals surface area contributed by atoms with Gasteiger partial charge < -0.3 is 10.6 Å². The molecule has 0 aromatic heterocycles. The molecule has 1 rings (SSSR count). The van der Waals surface area contributed by atoms with E-state index in [0.29, 0.717) is 0 Å². The van der Waals surface area contributed by atoms with Crippen molar-refractivity contribution in [3.63, 3.8) is 0 Å². The predicted molar refractivity (Wildman–Crippen MR) is 86.3 cm³/mol. The predicted octanol–water partition coefficient (Wildman–Crippen LogP) is 3.98. The molecule has 1 unspecified atom stereocenters. The Bertz CT molecular complexity index is 441. The zero-order valence-electron chi connectivity index (χ0n) is 13.4. The van der Waals surface area contributed by atoms with E-state index >= 15 is 0 Å². The van der Waals surface area contributed by atoms with Crippen LogP contribution in [0.4, 0.5) is 5.69 Å². The summed E-state index contributed by atoms with van der Waals surface area (Å²) in [6, 6.07) is 6.11. The number of carbonyl (C=O) groups is 1. The molecular formula is C17H28N2O. The van der Waals surface area contributed by atoms with Gasteiger partial charge >= 0.3 is 0 Å². The highest BCUT2D eigenvalue weighted by Gasteiger charge is 2.13. The third-order valence-electron chi connectivity index (χ3n) is 3.49. The Morgan fingerprint density at radius 1 is 1.20 bits per heavy atom. The molecule has 1 atom stereocenters. The van der Waals surface area contributed by atoms with E-state index in [0.717, 1.165) is 35.6 Å². The van der Waals surface area contributed by atoms with Gasteiger partial charge in [-0.05, 0) is 38.3 Å². The molecular weight excluding hydrogens is 248 g/mol. The van der Waals surface area contributed by atoms with E-state index in [1.807, 2.05) is 32.2 Å². The maximum Gasteiger partial charge on any atom is 0.253 e. The summed E-state index contributed by atoms with van der Waals surface area (Å²) in [5.41, 5.74) is 2.70. The zero-order valence-corrected chi connectivity index (χ0v) is 13.4. The maximum absolute atomic E-state index is 12.3. The summed E-state index contributed by atoms with van der Waals surface area (Å²) in [6.07, 6.45) is 3.41. The molecule has 0 saturated carbocycles. The van der Waals surface area contributed by atoms with E-state index in [9.17, 15) is 4.79 Å². The third kappa shape index (κ3) is 5.24. The third-order valence-corrected chi connectivity index (χ3v) is 3.49. The van der Waals surface area contributed by atoms with Gasteiger partial charge in [0.2, 0.25) is 0 Å². The van der Waals surface area contributed by atoms with Crippen LogP contribution in [0.2, 0.25) is 0 Å². The van der Waals surface area contributed by atoms with Gasteiger partial charge in [0.1, 0.15) is 0 Å². The van der Waals surface area contributed by atoms with Crippen molar-refractivity contribution in [2.45, 2.75) is 53.0 Å². The van der Waals surface area contributed by atoms with Crippen LogP contribution in [-0.2, 0) is 0 Å². The molecule has 2 N–H and O–H groups in total. The first kappa shape index (κ1) is 16.5. The summed E-state index contributed by atoms with van der Waals surface area (Å²) in [4.78, 5) is 12.3. The van der Waals surface area contributed by atoms with Gasteiger partial charge in [0.05, 0.1) is 5.56 Å². The molecule has 0 saturated heterocycles. The van der Waals surface area contributed by atoms with E-state index in [1.54, 1.807) is 0 Å². The summed E-state index contributed by atoms with van der Waals surface area (Å²) in [6.45, 7) is 8.54. The van der Waals surface area contributed by atoms with Crippen LogP contribution in [0.25, 0.3) is 0 Å².